The maximum absolute atomic E-state index is 13.3. The van der Waals surface area contributed by atoms with E-state index in [0.29, 0.717) is 17.1 Å². The SMILES string of the molecule is COc1ccc(C(OC[C@H]2O[C@@H](n3cc(C)c(=O)[nH]c3=O)C[C@@H]2O[PH](O)(Cc2ccc(CC#N)cc2)N(C(C)C)C(C)C)(c2ccccc2)c2ccc(OC)cc2)cc1. The van der Waals surface area contributed by atoms with Crippen molar-refractivity contribution in [2.75, 3.05) is 20.8 Å². The van der Waals surface area contributed by atoms with Gasteiger partial charge < -0.3 is 0 Å². The molecule has 0 bridgehead atoms. The molecular weight excluding hydrogens is 767 g/mol. The van der Waals surface area contributed by atoms with Crippen LogP contribution in [0.3, 0.4) is 0 Å². The van der Waals surface area contributed by atoms with E-state index in [-0.39, 0.29) is 37.7 Å². The summed E-state index contributed by atoms with van der Waals surface area (Å²) < 4.78 is 35.7. The molecule has 0 amide bonds. The van der Waals surface area contributed by atoms with Crippen LogP contribution in [-0.4, -0.2) is 64.2 Å². The predicted molar refractivity (Wildman–Crippen MR) is 230 cm³/mol. The molecule has 4 aromatic carbocycles. The third kappa shape index (κ3) is 9.53. The molecule has 1 aliphatic heterocycles. The van der Waals surface area contributed by atoms with E-state index in [1.54, 1.807) is 21.1 Å². The van der Waals surface area contributed by atoms with Crippen LogP contribution in [0.15, 0.2) is 119 Å². The summed E-state index contributed by atoms with van der Waals surface area (Å²) in [5, 5.41) is 9.25. The van der Waals surface area contributed by atoms with E-state index in [9.17, 15) is 19.7 Å². The number of hydrogen-bond donors (Lipinski definition) is 2. The van der Waals surface area contributed by atoms with Crippen molar-refractivity contribution in [2.24, 2.45) is 0 Å². The molecule has 0 radical (unpaired) electrons. The number of nitrogens with zero attached hydrogens (tertiary/aromatic N) is 3. The molecule has 2 N–H and O–H groups in total. The van der Waals surface area contributed by atoms with Crippen molar-refractivity contribution in [1.29, 1.82) is 5.26 Å². The van der Waals surface area contributed by atoms with Crippen LogP contribution < -0.4 is 20.7 Å². The molecule has 0 saturated carbocycles. The summed E-state index contributed by atoms with van der Waals surface area (Å²) in [5.74, 6) is 1.37. The van der Waals surface area contributed by atoms with Crippen molar-refractivity contribution in [3.63, 3.8) is 0 Å². The zero-order valence-corrected chi connectivity index (χ0v) is 35.8. The molecule has 1 aromatic heterocycles. The van der Waals surface area contributed by atoms with Crippen LogP contribution in [0.25, 0.3) is 0 Å². The van der Waals surface area contributed by atoms with E-state index in [0.717, 1.165) is 27.8 Å². The number of nitriles is 1. The van der Waals surface area contributed by atoms with Gasteiger partial charge in [-0.3, -0.25) is 0 Å². The van der Waals surface area contributed by atoms with Crippen molar-refractivity contribution in [2.45, 2.75) is 89.7 Å². The normalized spacial score (nSPS) is 17.4. The Balaban J connectivity index is 1.46. The third-order valence-corrected chi connectivity index (χ3v) is 14.3. The summed E-state index contributed by atoms with van der Waals surface area (Å²) in [6, 6.07) is 35.1. The number of hydrogen-bond acceptors (Lipinski definition) is 10. The first-order chi connectivity index (χ1) is 28.3. The van der Waals surface area contributed by atoms with Crippen LogP contribution in [0.2, 0.25) is 0 Å². The van der Waals surface area contributed by atoms with Crippen molar-refractivity contribution in [3.05, 3.63) is 164 Å². The standard InChI is InChI=1S/C46H55N4O8P/c1-31(2)50(32(3)4)59(53,30-35-15-13-34(14-16-35)25-26-47)58-41-27-43(49-28-33(5)44(51)48-45(49)52)57-42(41)29-56-46(36-11-9-8-10-12-36,37-17-21-39(54-6)22-18-37)38-19-23-40(55-7)24-20-38/h8-24,28,31-32,41-43,53,59H,25,27,29-30H2,1-7H3,(H,48,51,52)/t41-,42+,43+/m0/s1. The molecule has 0 unspecified atom stereocenters. The minimum atomic E-state index is -3.88. The molecule has 59 heavy (non-hydrogen) atoms. The fourth-order valence-corrected chi connectivity index (χ4v) is 11.7. The molecule has 13 heteroatoms. The Labute approximate surface area is 346 Å². The minimum absolute atomic E-state index is 0.0259. The van der Waals surface area contributed by atoms with Gasteiger partial charge in [0, 0.05) is 0 Å². The van der Waals surface area contributed by atoms with E-state index in [2.05, 4.69) is 15.7 Å². The number of benzene rings is 4. The number of rotatable bonds is 17. The number of aromatic amines is 1. The quantitative estimate of drug-likeness (QED) is 0.0718. The average Bonchev–Trinajstić information content (AvgIpc) is 3.62. The van der Waals surface area contributed by atoms with Crippen molar-refractivity contribution >= 4 is 7.87 Å². The summed E-state index contributed by atoms with van der Waals surface area (Å²) in [4.78, 5) is 41.2. The second-order valence-electron chi connectivity index (χ2n) is 15.5. The summed E-state index contributed by atoms with van der Waals surface area (Å²) in [7, 11) is -0.637. The summed E-state index contributed by atoms with van der Waals surface area (Å²) in [5.41, 5.74) is 2.33. The Kier molecular flexibility index (Phi) is 13.9. The second kappa shape index (κ2) is 18.9. The van der Waals surface area contributed by atoms with Gasteiger partial charge in [0.15, 0.2) is 0 Å². The molecule has 1 saturated heterocycles. The monoisotopic (exact) mass is 822 g/mol. The van der Waals surface area contributed by atoms with Crippen LogP contribution in [0.1, 0.15) is 73.7 Å². The zero-order chi connectivity index (χ0) is 42.3. The second-order valence-corrected chi connectivity index (χ2v) is 18.1. The summed E-state index contributed by atoms with van der Waals surface area (Å²) in [6.45, 7) is 9.74. The molecule has 2 heterocycles. The molecule has 0 aliphatic carbocycles. The number of nitrogens with one attached hydrogen (secondary N) is 1. The number of ether oxygens (including phenoxy) is 4. The van der Waals surface area contributed by atoms with Gasteiger partial charge in [0.05, 0.1) is 0 Å². The summed E-state index contributed by atoms with van der Waals surface area (Å²) in [6.07, 6.45) is -0.203. The van der Waals surface area contributed by atoms with Crippen LogP contribution in [0.4, 0.5) is 0 Å². The first-order valence-electron chi connectivity index (χ1n) is 19.9. The molecule has 1 fully saturated rings. The Morgan fingerprint density at radius 2 is 1.41 bits per heavy atom. The number of methoxy groups -OCH3 is 2. The Morgan fingerprint density at radius 1 is 0.864 bits per heavy atom. The average molecular weight is 823 g/mol. The molecule has 12 nitrogen and oxygen atoms in total. The number of aryl methyl sites for hydroxylation is 1. The van der Waals surface area contributed by atoms with Crippen molar-refractivity contribution in [3.8, 4) is 17.6 Å². The van der Waals surface area contributed by atoms with Gasteiger partial charge in [-0.15, -0.1) is 0 Å². The van der Waals surface area contributed by atoms with Crippen molar-refractivity contribution < 1.29 is 28.4 Å². The first kappa shape index (κ1) is 43.5. The van der Waals surface area contributed by atoms with Gasteiger partial charge in [-0.25, -0.2) is 0 Å². The van der Waals surface area contributed by atoms with Crippen LogP contribution in [0, 0.1) is 18.3 Å². The third-order valence-electron chi connectivity index (χ3n) is 10.9. The van der Waals surface area contributed by atoms with E-state index < -0.39 is 43.2 Å². The van der Waals surface area contributed by atoms with Crippen molar-refractivity contribution in [1.82, 2.24) is 14.2 Å². The predicted octanol–water partition coefficient (Wildman–Crippen LogP) is 7.42. The summed E-state index contributed by atoms with van der Waals surface area (Å²) >= 11 is 0. The molecule has 0 spiro atoms. The van der Waals surface area contributed by atoms with E-state index in [1.165, 1.54) is 10.8 Å². The van der Waals surface area contributed by atoms with Crippen LogP contribution in [-0.2, 0) is 32.2 Å². The fourth-order valence-electron chi connectivity index (χ4n) is 8.20. The molecule has 5 aromatic rings. The molecular formula is C46H55N4O8P. The molecule has 3 atom stereocenters. The number of aromatic nitrogens is 2. The topological polar surface area (TPSA) is 148 Å². The molecule has 312 valence electrons. The van der Waals surface area contributed by atoms with Gasteiger partial charge in [-0.1, -0.05) is 0 Å². The van der Waals surface area contributed by atoms with Gasteiger partial charge in [0.1, 0.15) is 0 Å². The Morgan fingerprint density at radius 3 is 1.93 bits per heavy atom. The van der Waals surface area contributed by atoms with Gasteiger partial charge in [-0.2, -0.15) is 0 Å². The Bertz CT molecular complexity index is 2250. The van der Waals surface area contributed by atoms with Gasteiger partial charge in [0.2, 0.25) is 0 Å². The van der Waals surface area contributed by atoms with E-state index >= 15 is 0 Å². The fraction of sp³-hybridized carbons (Fsp3) is 0.370. The zero-order valence-electron chi connectivity index (χ0n) is 34.8. The van der Waals surface area contributed by atoms with Gasteiger partial charge in [-0.05, 0) is 0 Å². The Hall–Kier alpha value is -5.12. The molecule has 1 aliphatic rings. The van der Waals surface area contributed by atoms with Crippen LogP contribution >= 0.6 is 7.87 Å². The molecule has 6 rings (SSSR count). The maximum atomic E-state index is 13.3. The van der Waals surface area contributed by atoms with E-state index in [1.807, 2.05) is 131 Å². The van der Waals surface area contributed by atoms with Gasteiger partial charge in [0.25, 0.3) is 0 Å². The number of H-pyrrole nitrogens is 1. The van der Waals surface area contributed by atoms with Gasteiger partial charge >= 0.3 is 347 Å². The first-order valence-corrected chi connectivity index (χ1v) is 21.9. The van der Waals surface area contributed by atoms with E-state index in [4.69, 9.17) is 23.5 Å². The van der Waals surface area contributed by atoms with Crippen LogP contribution in [0.5, 0.6) is 11.5 Å².